The second-order valence-corrected chi connectivity index (χ2v) is 18.9. The molecule has 0 unspecified atom stereocenters. The minimum absolute atomic E-state index is 0.110. The molecule has 0 fully saturated rings. The number of fused-ring (bicyclic) bond motifs is 13. The van der Waals surface area contributed by atoms with Crippen molar-refractivity contribution in [3.05, 3.63) is 202 Å². The van der Waals surface area contributed by atoms with Gasteiger partial charge in [-0.3, -0.25) is 0 Å². The molecule has 298 valence electrons. The van der Waals surface area contributed by atoms with Gasteiger partial charge in [0.15, 0.2) is 0 Å². The number of para-hydroxylation sites is 2. The van der Waals surface area contributed by atoms with Crippen LogP contribution in [0.2, 0.25) is 0 Å². The Balaban J connectivity index is 1.08. The molecular weight excluding hydrogens is 948 g/mol. The molecule has 1 aliphatic carbocycles. The van der Waals surface area contributed by atoms with Gasteiger partial charge in [0.1, 0.15) is 0 Å². The van der Waals surface area contributed by atoms with E-state index in [4.69, 9.17) is 13.8 Å². The summed E-state index contributed by atoms with van der Waals surface area (Å²) in [7, 11) is 0. The summed E-state index contributed by atoms with van der Waals surface area (Å²) in [6.07, 6.45) is 1.91. The molecule has 1 aliphatic heterocycles. The molecule has 10 aromatic rings. The number of benzene rings is 7. The fraction of sp³-hybridized carbons (Fsp3) is 0.111. The van der Waals surface area contributed by atoms with Crippen molar-refractivity contribution in [3.8, 4) is 34.1 Å². The molecule has 0 bridgehead atoms. The van der Waals surface area contributed by atoms with Gasteiger partial charge in [0.25, 0.3) is 0 Å². The van der Waals surface area contributed by atoms with E-state index in [9.17, 15) is 0 Å². The third kappa shape index (κ3) is 5.31. The van der Waals surface area contributed by atoms with E-state index >= 15 is 0 Å². The number of aryl methyl sites for hydroxylation is 1. The molecule has 7 heteroatoms. The average Bonchev–Trinajstić information content (AvgIpc) is 3.88. The number of imidazole rings is 1. The second-order valence-electron chi connectivity index (χ2n) is 16.8. The Kier molecular flexibility index (Phi) is 7.36. The van der Waals surface area contributed by atoms with E-state index in [-0.39, 0.29) is 5.41 Å². The molecule has 3 aromatic heterocycles. The number of rotatable bonds is 4. The fourth-order valence-corrected chi connectivity index (χ4v) is 11.7. The number of ether oxygens (including phenoxy) is 1. The first-order valence-corrected chi connectivity index (χ1v) is 22.2. The normalized spacial score (nSPS) is 14.7. The van der Waals surface area contributed by atoms with E-state index < -0.39 is 12.4 Å². The predicted octanol–water partition coefficient (Wildman–Crippen LogP) is 13.1. The molecule has 61 heavy (non-hydrogen) atoms. The second kappa shape index (κ2) is 13.4. The Hall–Kier alpha value is -6.20. The van der Waals surface area contributed by atoms with Gasteiger partial charge in [-0.1, -0.05) is 93.2 Å². The molecule has 1 spiro atoms. The maximum absolute atomic E-state index is 8.30. The summed E-state index contributed by atoms with van der Waals surface area (Å²) in [5.74, 6) is 1.79. The van der Waals surface area contributed by atoms with E-state index in [1.165, 1.54) is 53.3 Å². The predicted molar refractivity (Wildman–Crippen MR) is 242 cm³/mol. The summed E-state index contributed by atoms with van der Waals surface area (Å²) >= 11 is 3.93. The number of hydrogen-bond acceptors (Lipinski definition) is 3. The van der Waals surface area contributed by atoms with E-state index in [2.05, 4.69) is 160 Å². The summed E-state index contributed by atoms with van der Waals surface area (Å²) in [5.41, 5.74) is 12.0. The van der Waals surface area contributed by atoms with Gasteiger partial charge in [-0.15, -0.1) is 0 Å². The van der Waals surface area contributed by atoms with E-state index in [0.717, 1.165) is 33.1 Å². The number of hydrogen-bond donors (Lipinski definition) is 0. The zero-order valence-corrected chi connectivity index (χ0v) is 36.5. The van der Waals surface area contributed by atoms with Gasteiger partial charge in [-0.2, -0.15) is 0 Å². The molecule has 12 rings (SSSR count). The molecule has 0 amide bonds. The first-order chi connectivity index (χ1) is 30.9. The standard InChI is InChI=1S/C54H38N4OS.Pt/c1-53(2,3)34-26-27-55-52(28-34)58-48-30-37(59-36-15-13-14-35(29-36)57-33-56(4)46-20-9-10-21-47(46)57)24-25-39(48)41-31-40-38-16-5-6-17-42(38)54(45(40)32-49(41)58)43-18-7-11-22-50(43)60-51-23-12-8-19-44(51)54;/h5-28,31-32H,1-4H3;/q-2;/i4D3;. The Morgan fingerprint density at radius 1 is 0.639 bits per heavy atom. The van der Waals surface area contributed by atoms with Crippen LogP contribution in [0, 0.1) is 15.9 Å². The molecule has 0 atom stereocenters. The van der Waals surface area contributed by atoms with Crippen molar-refractivity contribution < 1.29 is 28.2 Å². The monoisotopic (exact) mass is 988 g/mol. The van der Waals surface area contributed by atoms with Gasteiger partial charge >= 0.3 is 198 Å². The van der Waals surface area contributed by atoms with Crippen LogP contribution in [0.3, 0.4) is 0 Å². The van der Waals surface area contributed by atoms with Crippen molar-refractivity contribution in [2.45, 2.75) is 41.4 Å². The van der Waals surface area contributed by atoms with E-state index in [0.29, 0.717) is 26.5 Å². The molecule has 0 radical (unpaired) electrons. The molecule has 4 heterocycles. The Morgan fingerprint density at radius 2 is 1.34 bits per heavy atom. The van der Waals surface area contributed by atoms with Gasteiger partial charge in [0.2, 0.25) is 0 Å². The SMILES string of the molecule is [2H]C([2H])([2H])n1[c](=[Pt])n(-c2[c-]c(Oc3[c-]c4c(cc3)c3cc5c(cc3n4-c3cc(C(C)(C)C)ccn3)C3(c4ccccc4Sc4ccccc43)c3ccccc3-5)ccc2)c2ccccc21. The summed E-state index contributed by atoms with van der Waals surface area (Å²) < 4.78 is 37.6. The van der Waals surface area contributed by atoms with Gasteiger partial charge in [0.05, 0.1) is 5.41 Å². The van der Waals surface area contributed by atoms with E-state index in [1.54, 1.807) is 0 Å². The van der Waals surface area contributed by atoms with Crippen LogP contribution in [-0.4, -0.2) is 18.7 Å². The minimum atomic E-state index is -2.37. The molecule has 0 saturated carbocycles. The van der Waals surface area contributed by atoms with Crippen molar-refractivity contribution in [2.75, 3.05) is 0 Å². The van der Waals surface area contributed by atoms with Crippen LogP contribution >= 0.6 is 11.8 Å². The Labute approximate surface area is 373 Å². The van der Waals surface area contributed by atoms with Crippen LogP contribution in [0.1, 0.15) is 52.7 Å². The van der Waals surface area contributed by atoms with Crippen LogP contribution in [0.5, 0.6) is 11.5 Å². The zero-order valence-electron chi connectivity index (χ0n) is 36.4. The van der Waals surface area contributed by atoms with Gasteiger partial charge in [0, 0.05) is 16.0 Å². The molecule has 0 N–H and O–H groups in total. The van der Waals surface area contributed by atoms with Crippen molar-refractivity contribution in [2.24, 2.45) is 6.98 Å². The van der Waals surface area contributed by atoms with Crippen LogP contribution in [-0.2, 0) is 37.2 Å². The maximum atomic E-state index is 8.30. The van der Waals surface area contributed by atoms with Gasteiger partial charge in [-0.25, -0.2) is 0 Å². The van der Waals surface area contributed by atoms with Gasteiger partial charge in [-0.05, 0) is 62.6 Å². The first-order valence-electron chi connectivity index (χ1n) is 21.8. The van der Waals surface area contributed by atoms with Crippen molar-refractivity contribution in [3.63, 3.8) is 0 Å². The number of aromatic nitrogens is 4. The molecular formula is C54H38N4OPtS-2. The quantitative estimate of drug-likeness (QED) is 0.165. The average molecular weight is 989 g/mol. The number of pyridine rings is 1. The summed E-state index contributed by atoms with van der Waals surface area (Å²) in [6.45, 7) is 4.31. The van der Waals surface area contributed by atoms with Crippen LogP contribution in [0.25, 0.3) is 55.5 Å². The van der Waals surface area contributed by atoms with Gasteiger partial charge < -0.3 is 0 Å². The third-order valence-electron chi connectivity index (χ3n) is 12.4. The summed E-state index contributed by atoms with van der Waals surface area (Å²) in [6, 6.07) is 60.2. The van der Waals surface area contributed by atoms with Crippen LogP contribution in [0.4, 0.5) is 0 Å². The molecule has 7 aromatic carbocycles. The van der Waals surface area contributed by atoms with Crippen molar-refractivity contribution in [1.29, 1.82) is 0 Å². The summed E-state index contributed by atoms with van der Waals surface area (Å²) in [5, 5.41) is 2.13. The fourth-order valence-electron chi connectivity index (χ4n) is 9.66. The van der Waals surface area contributed by atoms with Crippen LogP contribution in [0.15, 0.2) is 168 Å². The Bertz CT molecular complexity index is 3610. The molecule has 0 saturated heterocycles. The van der Waals surface area contributed by atoms with Crippen LogP contribution < -0.4 is 4.74 Å². The topological polar surface area (TPSA) is 36.9 Å². The molecule has 5 nitrogen and oxygen atoms in total. The van der Waals surface area contributed by atoms with E-state index in [1.807, 2.05) is 71.1 Å². The zero-order chi connectivity index (χ0) is 43.7. The summed E-state index contributed by atoms with van der Waals surface area (Å²) in [4.78, 5) is 7.58. The Morgan fingerprint density at radius 3 is 2.11 bits per heavy atom. The first kappa shape index (κ1) is 33.5. The number of nitrogens with zero attached hydrogens (tertiary/aromatic N) is 4. The van der Waals surface area contributed by atoms with Crippen molar-refractivity contribution >= 4 is 44.6 Å². The van der Waals surface area contributed by atoms with Crippen molar-refractivity contribution in [1.82, 2.24) is 18.7 Å². The third-order valence-corrected chi connectivity index (χ3v) is 14.5. The molecule has 2 aliphatic rings.